The minimum Gasteiger partial charge on any atom is -0.444 e. The van der Waals surface area contributed by atoms with Gasteiger partial charge in [-0.25, -0.2) is 27.2 Å². The van der Waals surface area contributed by atoms with Crippen molar-refractivity contribution < 1.29 is 17.9 Å². The minimum absolute atomic E-state index is 0.0708. The molecule has 1 aliphatic heterocycles. The smallest absolute Gasteiger partial charge is 0.410 e. The van der Waals surface area contributed by atoms with Crippen molar-refractivity contribution in [2.45, 2.75) is 57.1 Å². The first-order valence-electron chi connectivity index (χ1n) is 12.2. The number of aryl methyl sites for hydroxylation is 1. The molecule has 0 aliphatic carbocycles. The standard InChI is InChI=1S/C26H31ClN6O4S/c1-17-5-7-20(8-6-17)38(35,36)33-22(13-21-23(27)30-16-31-24(21)33)18(14-28)15-29-19-9-11-32(12-10-19)25(34)37-26(2,3)4/h5-8,13-16,19H,9-12,28H2,1-4H3. The molecule has 3 heterocycles. The molecule has 2 N–H and O–H groups in total. The van der Waals surface area contributed by atoms with Crippen molar-refractivity contribution in [3.63, 3.8) is 0 Å². The van der Waals surface area contributed by atoms with Crippen LogP contribution in [0.1, 0.15) is 44.9 Å². The lowest BCUT2D eigenvalue weighted by molar-refractivity contribution is 0.0207. The number of aromatic nitrogens is 3. The summed E-state index contributed by atoms with van der Waals surface area (Å²) in [5, 5.41) is 0.496. The summed E-state index contributed by atoms with van der Waals surface area (Å²) in [7, 11) is -4.06. The Balaban J connectivity index is 1.64. The third kappa shape index (κ3) is 5.83. The predicted molar refractivity (Wildman–Crippen MR) is 148 cm³/mol. The first kappa shape index (κ1) is 27.6. The largest absolute Gasteiger partial charge is 0.444 e. The van der Waals surface area contributed by atoms with Crippen LogP contribution in [0.25, 0.3) is 16.6 Å². The van der Waals surface area contributed by atoms with Crippen LogP contribution in [-0.2, 0) is 14.8 Å². The number of nitrogens with zero attached hydrogens (tertiary/aromatic N) is 5. The van der Waals surface area contributed by atoms with E-state index in [1.165, 1.54) is 12.5 Å². The van der Waals surface area contributed by atoms with Gasteiger partial charge in [0.25, 0.3) is 10.0 Å². The molecule has 38 heavy (non-hydrogen) atoms. The quantitative estimate of drug-likeness (QED) is 0.362. The third-order valence-electron chi connectivity index (χ3n) is 6.08. The van der Waals surface area contributed by atoms with Gasteiger partial charge in [-0.15, -0.1) is 0 Å². The number of carbonyl (C=O) groups excluding carboxylic acids is 1. The van der Waals surface area contributed by atoms with Crippen molar-refractivity contribution in [2.24, 2.45) is 10.7 Å². The van der Waals surface area contributed by atoms with E-state index in [1.807, 2.05) is 27.7 Å². The average molecular weight is 559 g/mol. The topological polar surface area (TPSA) is 133 Å². The highest BCUT2D eigenvalue weighted by molar-refractivity contribution is 7.90. The molecule has 0 saturated carbocycles. The number of hydrogen-bond acceptors (Lipinski definition) is 8. The lowest BCUT2D eigenvalue weighted by Gasteiger charge is -2.32. The van der Waals surface area contributed by atoms with Crippen LogP contribution in [0.2, 0.25) is 5.15 Å². The van der Waals surface area contributed by atoms with Crippen LogP contribution < -0.4 is 5.73 Å². The Morgan fingerprint density at radius 2 is 1.84 bits per heavy atom. The molecule has 202 valence electrons. The number of nitrogens with two attached hydrogens (primary N) is 1. The molecule has 1 aliphatic rings. The van der Waals surface area contributed by atoms with Crippen LogP contribution in [0.3, 0.4) is 0 Å². The second-order valence-electron chi connectivity index (χ2n) is 10.1. The van der Waals surface area contributed by atoms with E-state index >= 15 is 0 Å². The summed E-state index contributed by atoms with van der Waals surface area (Å²) in [5.41, 5.74) is 7.12. The zero-order valence-corrected chi connectivity index (χ0v) is 23.3. The van der Waals surface area contributed by atoms with Crippen LogP contribution >= 0.6 is 11.6 Å². The van der Waals surface area contributed by atoms with Crippen molar-refractivity contribution in [3.8, 4) is 0 Å². The summed E-state index contributed by atoms with van der Waals surface area (Å²) >= 11 is 6.30. The zero-order chi connectivity index (χ0) is 27.7. The molecule has 3 aromatic rings. The Morgan fingerprint density at radius 3 is 2.45 bits per heavy atom. The van der Waals surface area contributed by atoms with Crippen LogP contribution in [0.15, 0.2) is 52.7 Å². The molecule has 1 amide bonds. The van der Waals surface area contributed by atoms with Crippen LogP contribution in [0.4, 0.5) is 4.79 Å². The maximum absolute atomic E-state index is 13.8. The van der Waals surface area contributed by atoms with Gasteiger partial charge in [-0.2, -0.15) is 0 Å². The van der Waals surface area contributed by atoms with E-state index in [1.54, 1.807) is 41.4 Å². The van der Waals surface area contributed by atoms with Gasteiger partial charge in [-0.1, -0.05) is 29.3 Å². The van der Waals surface area contributed by atoms with Crippen LogP contribution in [0, 0.1) is 6.92 Å². The van der Waals surface area contributed by atoms with Gasteiger partial charge in [0.1, 0.15) is 17.1 Å². The number of rotatable bonds is 5. The van der Waals surface area contributed by atoms with Crippen molar-refractivity contribution in [1.82, 2.24) is 18.8 Å². The van der Waals surface area contributed by atoms with E-state index in [0.29, 0.717) is 36.9 Å². The molecule has 0 radical (unpaired) electrons. The molecule has 10 nitrogen and oxygen atoms in total. The summed E-state index contributed by atoms with van der Waals surface area (Å²) < 4.78 is 34.1. The summed E-state index contributed by atoms with van der Waals surface area (Å²) in [6.07, 6.45) is 5.01. The van der Waals surface area contributed by atoms with E-state index in [-0.39, 0.29) is 33.5 Å². The van der Waals surface area contributed by atoms with Gasteiger partial charge in [0.2, 0.25) is 0 Å². The highest BCUT2D eigenvalue weighted by atomic mass is 35.5. The fourth-order valence-electron chi connectivity index (χ4n) is 4.12. The van der Waals surface area contributed by atoms with Crippen molar-refractivity contribution in [3.05, 3.63) is 59.3 Å². The van der Waals surface area contributed by atoms with Gasteiger partial charge >= 0.3 is 6.09 Å². The molecule has 1 saturated heterocycles. The van der Waals surface area contributed by atoms with E-state index in [2.05, 4.69) is 15.0 Å². The number of aliphatic imine (C=N–C) groups is 1. The predicted octanol–water partition coefficient (Wildman–Crippen LogP) is 4.40. The van der Waals surface area contributed by atoms with Crippen LogP contribution in [0.5, 0.6) is 0 Å². The highest BCUT2D eigenvalue weighted by Gasteiger charge is 2.28. The number of piperidine rings is 1. The van der Waals surface area contributed by atoms with E-state index < -0.39 is 15.6 Å². The molecular formula is C26H31ClN6O4S. The summed E-state index contributed by atoms with van der Waals surface area (Å²) in [6.45, 7) is 8.39. The highest BCUT2D eigenvalue weighted by Crippen LogP contribution is 2.31. The Hall–Kier alpha value is -3.44. The Labute approximate surface area is 227 Å². The van der Waals surface area contributed by atoms with Gasteiger partial charge < -0.3 is 15.4 Å². The number of hydrogen-bond donors (Lipinski definition) is 1. The lowest BCUT2D eigenvalue weighted by atomic mass is 10.1. The fraction of sp³-hybridized carbons (Fsp3) is 0.385. The number of fused-ring (bicyclic) bond motifs is 1. The normalized spacial score (nSPS) is 15.9. The van der Waals surface area contributed by atoms with E-state index in [4.69, 9.17) is 22.1 Å². The third-order valence-corrected chi connectivity index (χ3v) is 8.10. The van der Waals surface area contributed by atoms with Gasteiger partial charge in [-0.3, -0.25) is 4.99 Å². The molecule has 0 bridgehead atoms. The first-order chi connectivity index (χ1) is 17.9. The Kier molecular flexibility index (Phi) is 7.80. The van der Waals surface area contributed by atoms with E-state index in [0.717, 1.165) is 9.54 Å². The second-order valence-corrected chi connectivity index (χ2v) is 12.3. The molecule has 2 aromatic heterocycles. The Bertz CT molecular complexity index is 1500. The molecule has 4 rings (SSSR count). The number of benzene rings is 1. The maximum Gasteiger partial charge on any atom is 0.410 e. The van der Waals surface area contributed by atoms with Crippen LogP contribution in [-0.4, -0.2) is 64.3 Å². The molecule has 0 spiro atoms. The lowest BCUT2D eigenvalue weighted by Crippen LogP contribution is -2.42. The van der Waals surface area contributed by atoms with E-state index in [9.17, 15) is 13.2 Å². The number of halogens is 1. The number of ether oxygens (including phenoxy) is 1. The molecule has 1 fully saturated rings. The van der Waals surface area contributed by atoms with Gasteiger partial charge in [0.15, 0.2) is 5.65 Å². The maximum atomic E-state index is 13.8. The molecule has 1 aromatic carbocycles. The fourth-order valence-corrected chi connectivity index (χ4v) is 5.79. The first-order valence-corrected chi connectivity index (χ1v) is 14.0. The van der Waals surface area contributed by atoms with Crippen molar-refractivity contribution in [2.75, 3.05) is 13.1 Å². The van der Waals surface area contributed by atoms with Crippen molar-refractivity contribution >= 4 is 50.5 Å². The summed E-state index contributed by atoms with van der Waals surface area (Å²) in [4.78, 5) is 27.0. The molecular weight excluding hydrogens is 528 g/mol. The average Bonchev–Trinajstić information content (AvgIpc) is 3.26. The van der Waals surface area contributed by atoms with Crippen molar-refractivity contribution in [1.29, 1.82) is 0 Å². The number of carbonyl (C=O) groups is 1. The molecule has 0 atom stereocenters. The molecule has 12 heteroatoms. The number of allylic oxidation sites excluding steroid dienone is 1. The van der Waals surface area contributed by atoms with Gasteiger partial charge in [0, 0.05) is 31.1 Å². The Morgan fingerprint density at radius 1 is 1.18 bits per heavy atom. The SMILES string of the molecule is Cc1ccc(S(=O)(=O)n2c(C(C=NC3CCN(C(=O)OC(C)(C)C)CC3)=CN)cc3c(Cl)ncnc32)cc1. The minimum atomic E-state index is -4.06. The number of likely N-dealkylation sites (tertiary alicyclic amines) is 1. The van der Waals surface area contributed by atoms with Gasteiger partial charge in [0.05, 0.1) is 22.0 Å². The summed E-state index contributed by atoms with van der Waals surface area (Å²) in [5.74, 6) is 0. The second kappa shape index (κ2) is 10.7. The number of amides is 1. The zero-order valence-electron chi connectivity index (χ0n) is 21.8. The molecule has 0 unspecified atom stereocenters. The van der Waals surface area contributed by atoms with Gasteiger partial charge in [-0.05, 0) is 58.7 Å². The summed E-state index contributed by atoms with van der Waals surface area (Å²) in [6, 6.07) is 8.07. The monoisotopic (exact) mass is 558 g/mol.